The molecule has 0 aromatic heterocycles. The molecule has 2 heterocycles. The molecule has 4 nitrogen and oxygen atoms in total. The highest BCUT2D eigenvalue weighted by Gasteiger charge is 2.15. The topological polar surface area (TPSA) is 47.8 Å². The first kappa shape index (κ1) is 18.9. The molecule has 2 aliphatic heterocycles. The van der Waals surface area contributed by atoms with Gasteiger partial charge in [-0.3, -0.25) is 4.79 Å². The number of aromatic nitrogens is 3. The third-order valence-electron chi connectivity index (χ3n) is 5.16. The number of ketones is 1. The van der Waals surface area contributed by atoms with Crippen LogP contribution >= 0.6 is 0 Å². The summed E-state index contributed by atoms with van der Waals surface area (Å²) in [6.45, 7) is 0.623. The molecule has 0 aliphatic carbocycles. The Hall–Kier alpha value is -4.12. The van der Waals surface area contributed by atoms with Crippen LogP contribution in [0.1, 0.15) is 21.5 Å². The van der Waals surface area contributed by atoms with Crippen molar-refractivity contribution >= 4 is 5.78 Å². The van der Waals surface area contributed by atoms with Crippen molar-refractivity contribution in [1.82, 2.24) is 14.5 Å². The summed E-state index contributed by atoms with van der Waals surface area (Å²) in [5.41, 5.74) is 4.21. The maximum Gasteiger partial charge on any atom is 0.193 e. The largest absolute Gasteiger partial charge is 0.348 e. The Morgan fingerprint density at radius 1 is 0.774 bits per heavy atom. The Morgan fingerprint density at radius 3 is 2.23 bits per heavy atom. The van der Waals surface area contributed by atoms with Crippen molar-refractivity contribution < 1.29 is 9.18 Å². The number of rotatable bonds is 5. The van der Waals surface area contributed by atoms with Gasteiger partial charge in [-0.25, -0.2) is 14.4 Å². The quantitative estimate of drug-likeness (QED) is 0.363. The Morgan fingerprint density at radius 2 is 1.45 bits per heavy atom. The first-order valence-electron chi connectivity index (χ1n) is 9.94. The second-order valence-electron chi connectivity index (χ2n) is 7.31. The third-order valence-corrected chi connectivity index (χ3v) is 5.16. The summed E-state index contributed by atoms with van der Waals surface area (Å²) in [7, 11) is 0. The lowest BCUT2D eigenvalue weighted by molar-refractivity contribution is 0.103. The summed E-state index contributed by atoms with van der Waals surface area (Å²) >= 11 is 0. The van der Waals surface area contributed by atoms with Crippen LogP contribution < -0.4 is 0 Å². The van der Waals surface area contributed by atoms with Gasteiger partial charge < -0.3 is 4.57 Å². The maximum atomic E-state index is 14.1. The van der Waals surface area contributed by atoms with Gasteiger partial charge in [-0.15, -0.1) is 0 Å². The number of benzene rings is 3. The van der Waals surface area contributed by atoms with Gasteiger partial charge in [0.2, 0.25) is 0 Å². The van der Waals surface area contributed by atoms with Crippen molar-refractivity contribution in [3.8, 4) is 22.8 Å². The monoisotopic (exact) mass is 407 g/mol. The van der Waals surface area contributed by atoms with E-state index in [1.807, 2.05) is 77.6 Å². The molecule has 0 unspecified atom stereocenters. The van der Waals surface area contributed by atoms with Gasteiger partial charge in [0, 0.05) is 30.1 Å². The first-order valence-corrected chi connectivity index (χ1v) is 9.94. The van der Waals surface area contributed by atoms with Crippen molar-refractivity contribution in [1.29, 1.82) is 0 Å². The molecule has 0 amide bonds. The summed E-state index contributed by atoms with van der Waals surface area (Å²) in [4.78, 5) is 21.5. The van der Waals surface area contributed by atoms with Gasteiger partial charge >= 0.3 is 0 Å². The Bertz CT molecular complexity index is 1330. The number of hydrogen-bond acceptors (Lipinski definition) is 3. The van der Waals surface area contributed by atoms with E-state index in [9.17, 15) is 9.18 Å². The van der Waals surface area contributed by atoms with E-state index < -0.39 is 0 Å². The lowest BCUT2D eigenvalue weighted by Crippen LogP contribution is -2.03. The van der Waals surface area contributed by atoms with Crippen LogP contribution in [0.3, 0.4) is 0 Å². The summed E-state index contributed by atoms with van der Waals surface area (Å²) in [6, 6.07) is 25.2. The minimum Gasteiger partial charge on any atom is -0.348 e. The van der Waals surface area contributed by atoms with Gasteiger partial charge in [-0.1, -0.05) is 66.7 Å². The average Bonchev–Trinajstić information content (AvgIpc) is 3.23. The van der Waals surface area contributed by atoms with E-state index in [0.29, 0.717) is 34.8 Å². The van der Waals surface area contributed by atoms with Crippen molar-refractivity contribution in [3.05, 3.63) is 120 Å². The fourth-order valence-corrected chi connectivity index (χ4v) is 3.54. The van der Waals surface area contributed by atoms with Crippen molar-refractivity contribution in [2.24, 2.45) is 0 Å². The predicted octanol–water partition coefficient (Wildman–Crippen LogP) is 5.47. The van der Waals surface area contributed by atoms with E-state index in [2.05, 4.69) is 9.97 Å². The fourth-order valence-electron chi connectivity index (χ4n) is 3.54. The molecule has 31 heavy (non-hydrogen) atoms. The molecule has 0 fully saturated rings. The number of hydrogen-bond donors (Lipinski definition) is 0. The van der Waals surface area contributed by atoms with Gasteiger partial charge in [0.05, 0.1) is 11.3 Å². The van der Waals surface area contributed by atoms with Crippen molar-refractivity contribution in [2.75, 3.05) is 0 Å². The molecule has 150 valence electrons. The molecule has 0 atom stereocenters. The number of imidazole rings is 1. The van der Waals surface area contributed by atoms with Gasteiger partial charge in [0.1, 0.15) is 11.5 Å². The lowest BCUT2D eigenvalue weighted by atomic mass is 10.0. The molecule has 0 spiro atoms. The van der Waals surface area contributed by atoms with Crippen LogP contribution in [0.15, 0.2) is 97.3 Å². The molecule has 5 rings (SSSR count). The predicted molar refractivity (Wildman–Crippen MR) is 117 cm³/mol. The van der Waals surface area contributed by atoms with Gasteiger partial charge in [0.25, 0.3) is 0 Å². The standard InChI is InChI=1S/C26H18FN3O/c27-22-9-5-4-8-21(22)26-28-23-14-15-30(17-24(23)29-26)16-18-10-12-20(13-11-18)25(31)19-6-2-1-3-7-19/h1-15,17H,16H2. The zero-order valence-electron chi connectivity index (χ0n) is 16.6. The summed E-state index contributed by atoms with van der Waals surface area (Å²) in [6.07, 6.45) is 3.82. The minimum absolute atomic E-state index is 0.00829. The van der Waals surface area contributed by atoms with Gasteiger partial charge in [-0.05, 0) is 23.8 Å². The van der Waals surface area contributed by atoms with Gasteiger partial charge in [0.15, 0.2) is 11.6 Å². The SMILES string of the molecule is O=C(c1ccccc1)c1ccc(Cn2ccc3nc(-c4ccccc4F)nc-3c2)cc1. The number of nitrogens with zero attached hydrogens (tertiary/aromatic N) is 3. The summed E-state index contributed by atoms with van der Waals surface area (Å²) in [5.74, 6) is 0.0550. The minimum atomic E-state index is -0.337. The molecule has 3 aromatic carbocycles. The summed E-state index contributed by atoms with van der Waals surface area (Å²) < 4.78 is 16.1. The molecule has 0 saturated carbocycles. The van der Waals surface area contributed by atoms with Gasteiger partial charge in [-0.2, -0.15) is 0 Å². The molecule has 0 radical (unpaired) electrons. The highest BCUT2D eigenvalue weighted by Crippen LogP contribution is 2.26. The lowest BCUT2D eigenvalue weighted by Gasteiger charge is -2.09. The van der Waals surface area contributed by atoms with E-state index in [0.717, 1.165) is 11.3 Å². The van der Waals surface area contributed by atoms with E-state index >= 15 is 0 Å². The number of halogens is 1. The highest BCUT2D eigenvalue weighted by atomic mass is 19.1. The van der Waals surface area contributed by atoms with E-state index in [4.69, 9.17) is 0 Å². The summed E-state index contributed by atoms with van der Waals surface area (Å²) in [5, 5.41) is 0. The Kier molecular flexibility index (Phi) is 4.84. The Labute approximate surface area is 179 Å². The fraction of sp³-hybridized carbons (Fsp3) is 0.0385. The molecule has 0 bridgehead atoms. The van der Waals surface area contributed by atoms with Crippen molar-refractivity contribution in [2.45, 2.75) is 6.54 Å². The molecular weight excluding hydrogens is 389 g/mol. The van der Waals surface area contributed by atoms with Crippen LogP contribution in [-0.4, -0.2) is 20.3 Å². The zero-order valence-corrected chi connectivity index (χ0v) is 16.6. The molecule has 0 saturated heterocycles. The second-order valence-corrected chi connectivity index (χ2v) is 7.31. The van der Waals surface area contributed by atoms with Crippen LogP contribution in [0.2, 0.25) is 0 Å². The highest BCUT2D eigenvalue weighted by molar-refractivity contribution is 6.08. The maximum absolute atomic E-state index is 14.1. The first-order chi connectivity index (χ1) is 15.2. The average molecular weight is 407 g/mol. The number of carbonyl (C=O) groups is 1. The molecule has 2 aliphatic rings. The number of pyridine rings is 1. The van der Waals surface area contributed by atoms with Crippen LogP contribution in [0, 0.1) is 5.82 Å². The van der Waals surface area contributed by atoms with Crippen LogP contribution in [0.4, 0.5) is 4.39 Å². The van der Waals surface area contributed by atoms with E-state index in [1.165, 1.54) is 6.07 Å². The van der Waals surface area contributed by atoms with E-state index in [1.54, 1.807) is 18.2 Å². The van der Waals surface area contributed by atoms with E-state index in [-0.39, 0.29) is 11.6 Å². The number of carbonyl (C=O) groups excluding carboxylic acids is 1. The molecular formula is C26H18FN3O. The third kappa shape index (κ3) is 3.85. The van der Waals surface area contributed by atoms with Crippen LogP contribution in [-0.2, 0) is 6.54 Å². The second kappa shape index (κ2) is 7.95. The van der Waals surface area contributed by atoms with Crippen molar-refractivity contribution in [3.63, 3.8) is 0 Å². The van der Waals surface area contributed by atoms with Crippen LogP contribution in [0.5, 0.6) is 0 Å². The molecule has 0 N–H and O–H groups in total. The Balaban J connectivity index is 1.36. The number of fused-ring (bicyclic) bond motifs is 1. The van der Waals surface area contributed by atoms with Crippen LogP contribution in [0.25, 0.3) is 22.8 Å². The molecule has 5 heteroatoms. The molecule has 3 aromatic rings. The zero-order chi connectivity index (χ0) is 21.2. The normalized spacial score (nSPS) is 11.0. The smallest absolute Gasteiger partial charge is 0.193 e.